The number of rotatable bonds is 7. The van der Waals surface area contributed by atoms with Gasteiger partial charge in [-0.1, -0.05) is 41.1 Å². The smallest absolute Gasteiger partial charge is 0.275 e. The molecule has 36 heavy (non-hydrogen) atoms. The number of hydrogen-bond acceptors (Lipinski definition) is 8. The molecule has 0 radical (unpaired) electrons. The van der Waals surface area contributed by atoms with E-state index in [1.807, 2.05) is 25.1 Å². The SMILES string of the molecule is CCOc1ccc(S(=O)(=O)N2CCN(Cc3cc(=O)n4nc(-c5ccccc5Cl)sc4n3)CC2)cc1. The van der Waals surface area contributed by atoms with Gasteiger partial charge in [-0.25, -0.2) is 13.4 Å². The molecule has 1 aliphatic heterocycles. The molecule has 1 aliphatic rings. The Morgan fingerprint density at radius 2 is 1.78 bits per heavy atom. The van der Waals surface area contributed by atoms with Crippen LogP contribution in [0.2, 0.25) is 5.02 Å². The molecule has 0 bridgehead atoms. The lowest BCUT2D eigenvalue weighted by Crippen LogP contribution is -2.48. The largest absolute Gasteiger partial charge is 0.494 e. The quantitative estimate of drug-likeness (QED) is 0.351. The van der Waals surface area contributed by atoms with Crippen molar-refractivity contribution >= 4 is 37.9 Å². The molecule has 0 N–H and O–H groups in total. The molecule has 0 aliphatic carbocycles. The first-order chi connectivity index (χ1) is 17.3. The lowest BCUT2D eigenvalue weighted by Gasteiger charge is -2.33. The van der Waals surface area contributed by atoms with E-state index in [9.17, 15) is 13.2 Å². The summed E-state index contributed by atoms with van der Waals surface area (Å²) in [5, 5.41) is 5.57. The number of piperazine rings is 1. The molecule has 0 amide bonds. The number of nitrogens with zero attached hydrogens (tertiary/aromatic N) is 5. The van der Waals surface area contributed by atoms with Crippen molar-refractivity contribution in [3.8, 4) is 16.3 Å². The van der Waals surface area contributed by atoms with Gasteiger partial charge in [-0.05, 0) is 37.3 Å². The van der Waals surface area contributed by atoms with Gasteiger partial charge in [-0.3, -0.25) is 9.69 Å². The maximum Gasteiger partial charge on any atom is 0.275 e. The molecule has 0 atom stereocenters. The highest BCUT2D eigenvalue weighted by atomic mass is 35.5. The van der Waals surface area contributed by atoms with E-state index >= 15 is 0 Å². The number of ether oxygens (including phenoxy) is 1. The van der Waals surface area contributed by atoms with E-state index in [1.54, 1.807) is 30.3 Å². The number of sulfonamides is 1. The van der Waals surface area contributed by atoms with E-state index in [2.05, 4.69) is 15.0 Å². The van der Waals surface area contributed by atoms with Crippen LogP contribution < -0.4 is 10.3 Å². The first-order valence-corrected chi connectivity index (χ1v) is 14.1. The highest BCUT2D eigenvalue weighted by Crippen LogP contribution is 2.30. The summed E-state index contributed by atoms with van der Waals surface area (Å²) in [6, 6.07) is 15.3. The molecular formula is C24H24ClN5O4S2. The first-order valence-electron chi connectivity index (χ1n) is 11.5. The molecule has 5 rings (SSSR count). The molecule has 188 valence electrons. The Kier molecular flexibility index (Phi) is 7.09. The predicted octanol–water partition coefficient (Wildman–Crippen LogP) is 3.38. The van der Waals surface area contributed by atoms with Crippen molar-refractivity contribution in [2.24, 2.45) is 0 Å². The van der Waals surface area contributed by atoms with Gasteiger partial charge in [0, 0.05) is 44.4 Å². The van der Waals surface area contributed by atoms with E-state index in [-0.39, 0.29) is 10.5 Å². The van der Waals surface area contributed by atoms with Gasteiger partial charge in [0.25, 0.3) is 5.56 Å². The van der Waals surface area contributed by atoms with Gasteiger partial charge in [0.2, 0.25) is 15.0 Å². The van der Waals surface area contributed by atoms with Crippen molar-refractivity contribution in [3.63, 3.8) is 0 Å². The molecule has 0 spiro atoms. The van der Waals surface area contributed by atoms with Gasteiger partial charge < -0.3 is 4.74 Å². The maximum atomic E-state index is 13.1. The molecule has 4 aromatic rings. The van der Waals surface area contributed by atoms with Gasteiger partial charge in [-0.2, -0.15) is 13.9 Å². The standard InChI is InChI=1S/C24H24ClN5O4S2/c1-2-34-18-7-9-19(10-8-18)36(32,33)29-13-11-28(12-14-29)16-17-15-22(31)30-24(26-17)35-23(27-30)20-5-3-4-6-21(20)25/h3-10,15H,2,11-14,16H2,1H3. The fraction of sp³-hybridized carbons (Fsp3) is 0.292. The van der Waals surface area contributed by atoms with Crippen LogP contribution in [-0.4, -0.2) is 65.0 Å². The lowest BCUT2D eigenvalue weighted by molar-refractivity contribution is 0.180. The Morgan fingerprint density at radius 3 is 2.47 bits per heavy atom. The number of hydrogen-bond donors (Lipinski definition) is 0. The summed E-state index contributed by atoms with van der Waals surface area (Å²) in [6.07, 6.45) is 0. The highest BCUT2D eigenvalue weighted by molar-refractivity contribution is 7.89. The molecular weight excluding hydrogens is 522 g/mol. The Labute approximate surface area is 217 Å². The average molecular weight is 546 g/mol. The monoisotopic (exact) mass is 545 g/mol. The molecule has 1 fully saturated rings. The molecule has 2 aromatic heterocycles. The fourth-order valence-corrected chi connectivity index (χ4v) is 6.73. The van der Waals surface area contributed by atoms with Crippen molar-refractivity contribution in [2.75, 3.05) is 32.8 Å². The van der Waals surface area contributed by atoms with Gasteiger partial charge in [-0.15, -0.1) is 0 Å². The second-order valence-corrected chi connectivity index (χ2v) is 11.6. The van der Waals surface area contributed by atoms with Crippen molar-refractivity contribution < 1.29 is 13.2 Å². The fourth-order valence-electron chi connectivity index (χ4n) is 4.06. The molecule has 0 unspecified atom stereocenters. The van der Waals surface area contributed by atoms with E-state index in [0.29, 0.717) is 65.8 Å². The van der Waals surface area contributed by atoms with Crippen LogP contribution in [0.3, 0.4) is 0 Å². The van der Waals surface area contributed by atoms with Crippen molar-refractivity contribution in [2.45, 2.75) is 18.4 Å². The number of benzene rings is 2. The summed E-state index contributed by atoms with van der Waals surface area (Å²) < 4.78 is 34.3. The minimum absolute atomic E-state index is 0.249. The summed E-state index contributed by atoms with van der Waals surface area (Å²) in [5.41, 5.74) is 1.11. The lowest BCUT2D eigenvalue weighted by atomic mass is 10.2. The van der Waals surface area contributed by atoms with Crippen LogP contribution >= 0.6 is 22.9 Å². The zero-order chi connectivity index (χ0) is 25.3. The minimum Gasteiger partial charge on any atom is -0.494 e. The van der Waals surface area contributed by atoms with Crippen molar-refractivity contribution in [1.82, 2.24) is 23.8 Å². The number of fused-ring (bicyclic) bond motifs is 1. The summed E-state index contributed by atoms with van der Waals surface area (Å²) in [6.45, 7) is 4.62. The minimum atomic E-state index is -3.59. The van der Waals surface area contributed by atoms with E-state index < -0.39 is 10.0 Å². The van der Waals surface area contributed by atoms with Gasteiger partial charge in [0.05, 0.1) is 22.2 Å². The third-order valence-electron chi connectivity index (χ3n) is 5.89. The summed E-state index contributed by atoms with van der Waals surface area (Å²) >= 11 is 7.59. The molecule has 9 nitrogen and oxygen atoms in total. The van der Waals surface area contributed by atoms with E-state index in [0.717, 1.165) is 5.56 Å². The first kappa shape index (κ1) is 24.8. The Balaban J connectivity index is 1.27. The summed E-state index contributed by atoms with van der Waals surface area (Å²) in [4.78, 5) is 20.2. The zero-order valence-corrected chi connectivity index (χ0v) is 21.9. The van der Waals surface area contributed by atoms with E-state index in [4.69, 9.17) is 16.3 Å². The van der Waals surface area contributed by atoms with Gasteiger partial charge in [0.1, 0.15) is 10.8 Å². The summed E-state index contributed by atoms with van der Waals surface area (Å²) in [7, 11) is -3.59. The van der Waals surface area contributed by atoms with E-state index in [1.165, 1.54) is 26.2 Å². The molecule has 1 saturated heterocycles. The molecule has 2 aromatic carbocycles. The van der Waals surface area contributed by atoms with Gasteiger partial charge in [0.15, 0.2) is 0 Å². The van der Waals surface area contributed by atoms with Crippen LogP contribution in [0.1, 0.15) is 12.6 Å². The zero-order valence-electron chi connectivity index (χ0n) is 19.5. The topological polar surface area (TPSA) is 97.1 Å². The average Bonchev–Trinajstić information content (AvgIpc) is 3.30. The Morgan fingerprint density at radius 1 is 1.06 bits per heavy atom. The molecule has 0 saturated carbocycles. The van der Waals surface area contributed by atoms with Crippen LogP contribution in [-0.2, 0) is 16.6 Å². The summed E-state index contributed by atoms with van der Waals surface area (Å²) in [5.74, 6) is 0.640. The number of halogens is 1. The van der Waals surface area contributed by atoms with Crippen LogP contribution in [0.4, 0.5) is 0 Å². The van der Waals surface area contributed by atoms with Crippen LogP contribution in [0, 0.1) is 0 Å². The Bertz CT molecular complexity index is 1550. The second kappa shape index (κ2) is 10.3. The molecule has 12 heteroatoms. The predicted molar refractivity (Wildman–Crippen MR) is 139 cm³/mol. The highest BCUT2D eigenvalue weighted by Gasteiger charge is 2.28. The molecule has 3 heterocycles. The normalized spacial score (nSPS) is 15.4. The van der Waals surface area contributed by atoms with Crippen LogP contribution in [0.15, 0.2) is 64.3 Å². The van der Waals surface area contributed by atoms with Crippen molar-refractivity contribution in [1.29, 1.82) is 0 Å². The second-order valence-electron chi connectivity index (χ2n) is 8.25. The van der Waals surface area contributed by atoms with Crippen LogP contribution in [0.5, 0.6) is 5.75 Å². The third kappa shape index (κ3) is 5.02. The maximum absolute atomic E-state index is 13.1. The Hall–Kier alpha value is -2.83. The van der Waals surface area contributed by atoms with Crippen molar-refractivity contribution in [3.05, 3.63) is 75.7 Å². The van der Waals surface area contributed by atoms with Gasteiger partial charge >= 0.3 is 0 Å². The number of aromatic nitrogens is 3. The third-order valence-corrected chi connectivity index (χ3v) is 9.08. The van der Waals surface area contributed by atoms with Crippen LogP contribution in [0.25, 0.3) is 15.5 Å².